The zero-order valence-electron chi connectivity index (χ0n) is 12.1. The highest BCUT2D eigenvalue weighted by Gasteiger charge is 2.17. The lowest BCUT2D eigenvalue weighted by molar-refractivity contribution is 0.410. The second kappa shape index (κ2) is 7.18. The van der Waals surface area contributed by atoms with Crippen molar-refractivity contribution >= 4 is 15.9 Å². The van der Waals surface area contributed by atoms with E-state index in [1.165, 1.54) is 6.07 Å². The van der Waals surface area contributed by atoms with Gasteiger partial charge in [0.05, 0.1) is 16.1 Å². The van der Waals surface area contributed by atoms with Gasteiger partial charge in [-0.05, 0) is 53.5 Å². The fourth-order valence-corrected chi connectivity index (χ4v) is 2.50. The van der Waals surface area contributed by atoms with Crippen LogP contribution in [0.5, 0.6) is 0 Å². The summed E-state index contributed by atoms with van der Waals surface area (Å²) in [6, 6.07) is 5.91. The van der Waals surface area contributed by atoms with Crippen LogP contribution in [0.15, 0.2) is 33.2 Å². The smallest absolute Gasteiger partial charge is 0.140 e. The van der Waals surface area contributed by atoms with Gasteiger partial charge in [-0.15, -0.1) is 0 Å². The maximum Gasteiger partial charge on any atom is 0.140 e. The molecule has 0 aliphatic heterocycles. The third-order valence-electron chi connectivity index (χ3n) is 3.29. The van der Waals surface area contributed by atoms with Crippen molar-refractivity contribution in [1.29, 1.82) is 0 Å². The van der Waals surface area contributed by atoms with E-state index in [2.05, 4.69) is 35.1 Å². The Balaban J connectivity index is 2.29. The van der Waals surface area contributed by atoms with Crippen molar-refractivity contribution in [2.75, 3.05) is 6.54 Å². The van der Waals surface area contributed by atoms with Crippen LogP contribution in [-0.2, 0) is 0 Å². The molecule has 1 aromatic carbocycles. The zero-order valence-corrected chi connectivity index (χ0v) is 13.6. The Labute approximate surface area is 131 Å². The van der Waals surface area contributed by atoms with Crippen LogP contribution in [0.4, 0.5) is 8.78 Å². The molecule has 0 amide bonds. The molecule has 0 aliphatic carbocycles. The molecule has 5 heteroatoms. The average molecular weight is 358 g/mol. The summed E-state index contributed by atoms with van der Waals surface area (Å²) in [5.74, 6) is -0.0917. The summed E-state index contributed by atoms with van der Waals surface area (Å²) in [5.41, 5.74) is 0.250. The molecule has 1 unspecified atom stereocenters. The Morgan fingerprint density at radius 3 is 2.62 bits per heavy atom. The summed E-state index contributed by atoms with van der Waals surface area (Å²) < 4.78 is 33.1. The Morgan fingerprint density at radius 2 is 1.95 bits per heavy atom. The van der Waals surface area contributed by atoms with Crippen molar-refractivity contribution in [2.45, 2.75) is 32.7 Å². The zero-order chi connectivity index (χ0) is 15.4. The second-order valence-electron chi connectivity index (χ2n) is 4.86. The second-order valence-corrected chi connectivity index (χ2v) is 5.72. The molecule has 1 aromatic heterocycles. The van der Waals surface area contributed by atoms with Crippen molar-refractivity contribution in [1.82, 2.24) is 5.32 Å². The molecule has 0 fully saturated rings. The lowest BCUT2D eigenvalue weighted by Crippen LogP contribution is -2.20. The third kappa shape index (κ3) is 3.71. The Kier molecular flexibility index (Phi) is 5.53. The quantitative estimate of drug-likeness (QED) is 0.696. The van der Waals surface area contributed by atoms with Crippen LogP contribution < -0.4 is 5.32 Å². The van der Waals surface area contributed by atoms with Crippen molar-refractivity contribution in [3.05, 3.63) is 46.1 Å². The Morgan fingerprint density at radius 1 is 1.19 bits per heavy atom. The minimum atomic E-state index is -0.633. The summed E-state index contributed by atoms with van der Waals surface area (Å²) in [6.45, 7) is 5.05. The van der Waals surface area contributed by atoms with Crippen LogP contribution in [0, 0.1) is 11.6 Å². The van der Waals surface area contributed by atoms with Crippen LogP contribution in [0.3, 0.4) is 0 Å². The van der Waals surface area contributed by atoms with Crippen molar-refractivity contribution in [3.8, 4) is 11.3 Å². The van der Waals surface area contributed by atoms with Crippen molar-refractivity contribution < 1.29 is 13.2 Å². The lowest BCUT2D eigenvalue weighted by atomic mass is 10.1. The number of benzene rings is 1. The van der Waals surface area contributed by atoms with Gasteiger partial charge in [-0.25, -0.2) is 8.78 Å². The monoisotopic (exact) mass is 357 g/mol. The Bertz CT molecular complexity index is 612. The van der Waals surface area contributed by atoms with Gasteiger partial charge >= 0.3 is 0 Å². The Hall–Kier alpha value is -1.20. The number of furan rings is 1. The molecule has 1 N–H and O–H groups in total. The fraction of sp³-hybridized carbons (Fsp3) is 0.375. The van der Waals surface area contributed by atoms with E-state index in [0.29, 0.717) is 5.76 Å². The first-order chi connectivity index (χ1) is 10.1. The van der Waals surface area contributed by atoms with E-state index in [1.807, 2.05) is 6.07 Å². The maximum atomic E-state index is 13.9. The van der Waals surface area contributed by atoms with Gasteiger partial charge in [-0.1, -0.05) is 13.8 Å². The predicted octanol–water partition coefficient (Wildman–Crippen LogP) is 5.44. The van der Waals surface area contributed by atoms with Gasteiger partial charge in [0.25, 0.3) is 0 Å². The van der Waals surface area contributed by atoms with Crippen LogP contribution in [-0.4, -0.2) is 6.54 Å². The molecule has 2 nitrogen and oxygen atoms in total. The molecule has 2 rings (SSSR count). The molecule has 1 heterocycles. The number of hydrogen-bond acceptors (Lipinski definition) is 2. The SMILES string of the molecule is CCCNC(CC)c1ccc(-c2cc(Br)c(F)cc2F)o1. The third-order valence-corrected chi connectivity index (χ3v) is 3.90. The van der Waals surface area contributed by atoms with Crippen LogP contribution in [0.1, 0.15) is 38.5 Å². The molecule has 21 heavy (non-hydrogen) atoms. The molecule has 0 spiro atoms. The number of nitrogens with one attached hydrogen (secondary N) is 1. The molecule has 0 aliphatic rings. The van der Waals surface area contributed by atoms with Crippen LogP contribution in [0.25, 0.3) is 11.3 Å². The topological polar surface area (TPSA) is 25.2 Å². The first-order valence-electron chi connectivity index (χ1n) is 7.04. The van der Waals surface area contributed by atoms with E-state index >= 15 is 0 Å². The van der Waals surface area contributed by atoms with E-state index in [9.17, 15) is 8.78 Å². The van der Waals surface area contributed by atoms with E-state index in [1.54, 1.807) is 6.07 Å². The normalized spacial score (nSPS) is 12.6. The maximum absolute atomic E-state index is 13.9. The first-order valence-corrected chi connectivity index (χ1v) is 7.84. The molecule has 2 aromatic rings. The molecule has 0 saturated heterocycles. The van der Waals surface area contributed by atoms with E-state index in [4.69, 9.17) is 4.42 Å². The molecular formula is C16H18BrF2NO. The molecule has 0 bridgehead atoms. The van der Waals surface area contributed by atoms with Gasteiger partial charge in [-0.2, -0.15) is 0 Å². The van der Waals surface area contributed by atoms with E-state index < -0.39 is 11.6 Å². The van der Waals surface area contributed by atoms with Crippen LogP contribution in [0.2, 0.25) is 0 Å². The largest absolute Gasteiger partial charge is 0.459 e. The molecule has 1 atom stereocenters. The molecule has 114 valence electrons. The summed E-state index contributed by atoms with van der Waals surface area (Å²) in [7, 11) is 0. The van der Waals surface area contributed by atoms with Gasteiger partial charge < -0.3 is 9.73 Å². The summed E-state index contributed by atoms with van der Waals surface area (Å²) in [5, 5.41) is 3.38. The van der Waals surface area contributed by atoms with E-state index in [0.717, 1.165) is 31.2 Å². The molecule has 0 radical (unpaired) electrons. The van der Waals surface area contributed by atoms with E-state index in [-0.39, 0.29) is 16.1 Å². The van der Waals surface area contributed by atoms with Gasteiger partial charge in [0.2, 0.25) is 0 Å². The van der Waals surface area contributed by atoms with Gasteiger partial charge in [0.1, 0.15) is 23.2 Å². The van der Waals surface area contributed by atoms with Gasteiger partial charge in [-0.3, -0.25) is 0 Å². The van der Waals surface area contributed by atoms with Crippen LogP contribution >= 0.6 is 15.9 Å². The molecule has 0 saturated carbocycles. The van der Waals surface area contributed by atoms with Gasteiger partial charge in [0.15, 0.2) is 0 Å². The minimum absolute atomic E-state index is 0.102. The first kappa shape index (κ1) is 16.2. The lowest BCUT2D eigenvalue weighted by Gasteiger charge is -2.13. The van der Waals surface area contributed by atoms with Crippen molar-refractivity contribution in [3.63, 3.8) is 0 Å². The number of hydrogen-bond donors (Lipinski definition) is 1. The minimum Gasteiger partial charge on any atom is -0.459 e. The highest BCUT2D eigenvalue weighted by atomic mass is 79.9. The highest BCUT2D eigenvalue weighted by Crippen LogP contribution is 2.31. The summed E-state index contributed by atoms with van der Waals surface area (Å²) >= 11 is 3.07. The fourth-order valence-electron chi connectivity index (χ4n) is 2.16. The number of halogens is 3. The standard InChI is InChI=1S/C16H18BrF2NO/c1-3-7-20-14(4-2)16-6-5-15(21-16)10-8-11(17)13(19)9-12(10)18/h5-6,8-9,14,20H,3-4,7H2,1-2H3. The average Bonchev–Trinajstić information content (AvgIpc) is 2.93. The summed E-state index contributed by atoms with van der Waals surface area (Å²) in [4.78, 5) is 0. The predicted molar refractivity (Wildman–Crippen MR) is 83.1 cm³/mol. The highest BCUT2D eigenvalue weighted by molar-refractivity contribution is 9.10. The van der Waals surface area contributed by atoms with Crippen molar-refractivity contribution in [2.24, 2.45) is 0 Å². The van der Waals surface area contributed by atoms with Gasteiger partial charge in [0, 0.05) is 6.07 Å². The molecular weight excluding hydrogens is 340 g/mol. The number of rotatable bonds is 6. The summed E-state index contributed by atoms with van der Waals surface area (Å²) in [6.07, 6.45) is 1.91.